The number of nitriles is 1. The molecular formula is C20H22N2O. The lowest BCUT2D eigenvalue weighted by Gasteiger charge is -2.17. The Hall–Kier alpha value is -2.15. The number of nitrogens with one attached hydrogen (secondary N) is 1. The van der Waals surface area contributed by atoms with E-state index in [1.807, 2.05) is 24.3 Å². The van der Waals surface area contributed by atoms with Gasteiger partial charge in [-0.25, -0.2) is 0 Å². The summed E-state index contributed by atoms with van der Waals surface area (Å²) in [4.78, 5) is 0. The summed E-state index contributed by atoms with van der Waals surface area (Å²) < 4.78 is 5.42. The Balaban J connectivity index is 1.65. The highest BCUT2D eigenvalue weighted by molar-refractivity contribution is 5.65. The number of nitrogens with zero attached hydrogens (tertiary/aromatic N) is 1. The lowest BCUT2D eigenvalue weighted by molar-refractivity contribution is 0.184. The van der Waals surface area contributed by atoms with Gasteiger partial charge in [-0.1, -0.05) is 36.4 Å². The molecule has 2 aromatic carbocycles. The van der Waals surface area contributed by atoms with Gasteiger partial charge in [-0.3, -0.25) is 0 Å². The van der Waals surface area contributed by atoms with Crippen LogP contribution < -0.4 is 5.32 Å². The normalized spacial score (nSPS) is 18.5. The number of hydrogen-bond donors (Lipinski definition) is 1. The lowest BCUT2D eigenvalue weighted by Crippen LogP contribution is -2.25. The number of ether oxygens (including phenoxy) is 1. The second-order valence-corrected chi connectivity index (χ2v) is 6.17. The Bertz CT molecular complexity index is 682. The maximum absolute atomic E-state index is 9.01. The molecule has 1 fully saturated rings. The van der Waals surface area contributed by atoms with Crippen LogP contribution in [0.1, 0.15) is 30.5 Å². The van der Waals surface area contributed by atoms with Crippen molar-refractivity contribution in [2.24, 2.45) is 5.92 Å². The molecule has 118 valence electrons. The number of benzene rings is 2. The van der Waals surface area contributed by atoms with Gasteiger partial charge in [0.2, 0.25) is 0 Å². The van der Waals surface area contributed by atoms with Crippen LogP contribution in [0.2, 0.25) is 0 Å². The van der Waals surface area contributed by atoms with Crippen molar-refractivity contribution in [1.29, 1.82) is 5.26 Å². The zero-order valence-electron chi connectivity index (χ0n) is 13.5. The SMILES string of the molecule is C[C@H](NC[C@H]1CCOC1)c1ccc(-c2cccc(C#N)c2)cc1. The monoisotopic (exact) mass is 306 g/mol. The van der Waals surface area contributed by atoms with Crippen molar-refractivity contribution in [3.05, 3.63) is 59.7 Å². The summed E-state index contributed by atoms with van der Waals surface area (Å²) in [6, 6.07) is 18.8. The van der Waals surface area contributed by atoms with Crippen molar-refractivity contribution in [2.45, 2.75) is 19.4 Å². The van der Waals surface area contributed by atoms with E-state index in [-0.39, 0.29) is 0 Å². The molecule has 1 saturated heterocycles. The van der Waals surface area contributed by atoms with Crippen LogP contribution in [0.25, 0.3) is 11.1 Å². The Labute approximate surface area is 137 Å². The highest BCUT2D eigenvalue weighted by Gasteiger charge is 2.16. The minimum Gasteiger partial charge on any atom is -0.381 e. The van der Waals surface area contributed by atoms with E-state index in [0.717, 1.165) is 37.3 Å². The molecule has 0 amide bonds. The van der Waals surface area contributed by atoms with E-state index in [2.05, 4.69) is 42.6 Å². The van der Waals surface area contributed by atoms with Crippen molar-refractivity contribution >= 4 is 0 Å². The maximum Gasteiger partial charge on any atom is 0.0991 e. The van der Waals surface area contributed by atoms with E-state index in [4.69, 9.17) is 10.00 Å². The largest absolute Gasteiger partial charge is 0.381 e. The van der Waals surface area contributed by atoms with Crippen LogP contribution in [0, 0.1) is 17.2 Å². The van der Waals surface area contributed by atoms with Crippen LogP contribution in [0.3, 0.4) is 0 Å². The van der Waals surface area contributed by atoms with Gasteiger partial charge in [0.05, 0.1) is 18.2 Å². The molecule has 0 bridgehead atoms. The molecule has 3 heteroatoms. The van der Waals surface area contributed by atoms with Gasteiger partial charge in [0, 0.05) is 19.2 Å². The van der Waals surface area contributed by atoms with Gasteiger partial charge in [0.15, 0.2) is 0 Å². The van der Waals surface area contributed by atoms with Gasteiger partial charge >= 0.3 is 0 Å². The Morgan fingerprint density at radius 2 is 2.04 bits per heavy atom. The number of hydrogen-bond acceptors (Lipinski definition) is 3. The molecule has 0 aliphatic carbocycles. The van der Waals surface area contributed by atoms with Crippen molar-refractivity contribution in [3.8, 4) is 17.2 Å². The molecule has 1 aliphatic rings. The smallest absolute Gasteiger partial charge is 0.0991 e. The van der Waals surface area contributed by atoms with Crippen LogP contribution in [0.4, 0.5) is 0 Å². The summed E-state index contributed by atoms with van der Waals surface area (Å²) in [6.45, 7) is 4.99. The van der Waals surface area contributed by atoms with Gasteiger partial charge in [-0.05, 0) is 48.1 Å². The average Bonchev–Trinajstić information content (AvgIpc) is 3.13. The zero-order valence-corrected chi connectivity index (χ0v) is 13.5. The predicted molar refractivity (Wildman–Crippen MR) is 91.9 cm³/mol. The average molecular weight is 306 g/mol. The van der Waals surface area contributed by atoms with Crippen molar-refractivity contribution in [2.75, 3.05) is 19.8 Å². The van der Waals surface area contributed by atoms with Gasteiger partial charge in [-0.15, -0.1) is 0 Å². The molecule has 23 heavy (non-hydrogen) atoms. The van der Waals surface area contributed by atoms with Crippen LogP contribution in [0.15, 0.2) is 48.5 Å². The third kappa shape index (κ3) is 3.98. The van der Waals surface area contributed by atoms with Gasteiger partial charge in [0.1, 0.15) is 0 Å². The summed E-state index contributed by atoms with van der Waals surface area (Å²) in [7, 11) is 0. The third-order valence-electron chi connectivity index (χ3n) is 4.47. The summed E-state index contributed by atoms with van der Waals surface area (Å²) in [6.07, 6.45) is 1.16. The highest BCUT2D eigenvalue weighted by Crippen LogP contribution is 2.23. The van der Waals surface area contributed by atoms with E-state index >= 15 is 0 Å². The molecule has 1 heterocycles. The Morgan fingerprint density at radius 1 is 1.22 bits per heavy atom. The molecule has 0 radical (unpaired) electrons. The molecule has 3 nitrogen and oxygen atoms in total. The van der Waals surface area contributed by atoms with Crippen LogP contribution >= 0.6 is 0 Å². The molecule has 0 spiro atoms. The molecule has 2 atom stereocenters. The minimum atomic E-state index is 0.329. The summed E-state index contributed by atoms with van der Waals surface area (Å²) in [5.74, 6) is 0.644. The summed E-state index contributed by atoms with van der Waals surface area (Å²) in [5.41, 5.74) is 4.20. The molecule has 1 N–H and O–H groups in total. The molecule has 3 rings (SSSR count). The zero-order chi connectivity index (χ0) is 16.1. The molecule has 1 aliphatic heterocycles. The van der Waals surface area contributed by atoms with Gasteiger partial charge < -0.3 is 10.1 Å². The van der Waals surface area contributed by atoms with Crippen molar-refractivity contribution in [1.82, 2.24) is 5.32 Å². The standard InChI is InChI=1S/C20H22N2O/c1-15(22-13-17-9-10-23-14-17)18-5-7-19(8-6-18)20-4-2-3-16(11-20)12-21/h2-8,11,15,17,22H,9-10,13-14H2,1H3/t15-,17+/m0/s1. The fraction of sp³-hybridized carbons (Fsp3) is 0.350. The first-order chi connectivity index (χ1) is 11.3. The van der Waals surface area contributed by atoms with E-state index in [1.54, 1.807) is 0 Å². The second-order valence-electron chi connectivity index (χ2n) is 6.17. The summed E-state index contributed by atoms with van der Waals surface area (Å²) >= 11 is 0. The summed E-state index contributed by atoms with van der Waals surface area (Å²) in [5, 5.41) is 12.6. The molecule has 0 unspecified atom stereocenters. The predicted octanol–water partition coefficient (Wildman–Crippen LogP) is 3.91. The second kappa shape index (κ2) is 7.41. The Morgan fingerprint density at radius 3 is 2.74 bits per heavy atom. The minimum absolute atomic E-state index is 0.329. The van der Waals surface area contributed by atoms with Gasteiger partial charge in [-0.2, -0.15) is 5.26 Å². The fourth-order valence-electron chi connectivity index (χ4n) is 2.94. The maximum atomic E-state index is 9.01. The van der Waals surface area contributed by atoms with Crippen molar-refractivity contribution < 1.29 is 4.74 Å². The van der Waals surface area contributed by atoms with E-state index in [0.29, 0.717) is 17.5 Å². The van der Waals surface area contributed by atoms with Crippen molar-refractivity contribution in [3.63, 3.8) is 0 Å². The molecular weight excluding hydrogens is 284 g/mol. The Kier molecular flexibility index (Phi) is 5.07. The fourth-order valence-corrected chi connectivity index (χ4v) is 2.94. The van der Waals surface area contributed by atoms with Gasteiger partial charge in [0.25, 0.3) is 0 Å². The quantitative estimate of drug-likeness (QED) is 0.911. The third-order valence-corrected chi connectivity index (χ3v) is 4.47. The van der Waals surface area contributed by atoms with Crippen LogP contribution in [-0.2, 0) is 4.74 Å². The number of rotatable bonds is 5. The highest BCUT2D eigenvalue weighted by atomic mass is 16.5. The van der Waals surface area contributed by atoms with Crippen LogP contribution in [-0.4, -0.2) is 19.8 Å². The van der Waals surface area contributed by atoms with Crippen LogP contribution in [0.5, 0.6) is 0 Å². The first-order valence-electron chi connectivity index (χ1n) is 8.18. The lowest BCUT2D eigenvalue weighted by atomic mass is 10.00. The van der Waals surface area contributed by atoms with E-state index in [9.17, 15) is 0 Å². The first kappa shape index (κ1) is 15.7. The van der Waals surface area contributed by atoms with E-state index < -0.39 is 0 Å². The molecule has 2 aromatic rings. The molecule has 0 saturated carbocycles. The topological polar surface area (TPSA) is 45.0 Å². The first-order valence-corrected chi connectivity index (χ1v) is 8.18. The molecule has 0 aromatic heterocycles. The van der Waals surface area contributed by atoms with E-state index in [1.165, 1.54) is 5.56 Å².